The number of benzene rings is 2. The Kier molecular flexibility index (Phi) is 6.83. The van der Waals surface area contributed by atoms with E-state index in [4.69, 9.17) is 10.8 Å². The number of hydrogen-bond acceptors (Lipinski definition) is 7. The molecule has 0 aliphatic carbocycles. The van der Waals surface area contributed by atoms with Gasteiger partial charge >= 0.3 is 11.9 Å². The van der Waals surface area contributed by atoms with Crippen LogP contribution in [-0.4, -0.2) is 51.1 Å². The molecule has 1 atom stereocenters. The second kappa shape index (κ2) is 9.73. The average Bonchev–Trinajstić information content (AvgIpc) is 2.76. The van der Waals surface area contributed by atoms with Crippen molar-refractivity contribution in [1.29, 1.82) is 0 Å². The first-order valence-electron chi connectivity index (χ1n) is 9.80. The van der Waals surface area contributed by atoms with Crippen LogP contribution in [0.3, 0.4) is 0 Å². The zero-order valence-corrected chi connectivity index (χ0v) is 17.4. The summed E-state index contributed by atoms with van der Waals surface area (Å²) >= 11 is 0. The van der Waals surface area contributed by atoms with Gasteiger partial charge in [0.25, 0.3) is 5.91 Å². The van der Waals surface area contributed by atoms with Gasteiger partial charge in [0.05, 0.1) is 5.52 Å². The maximum atomic E-state index is 12.4. The first kappa shape index (κ1) is 22.5. The van der Waals surface area contributed by atoms with Crippen molar-refractivity contribution >= 4 is 40.3 Å². The molecule has 0 aliphatic heterocycles. The number of amides is 1. The molecule has 3 aromatic rings. The van der Waals surface area contributed by atoms with Crippen LogP contribution < -0.4 is 16.0 Å². The number of nitrogens with one attached hydrogen (secondary N) is 1. The van der Waals surface area contributed by atoms with E-state index in [2.05, 4.69) is 15.3 Å². The highest BCUT2D eigenvalue weighted by molar-refractivity contribution is 5.96. The lowest BCUT2D eigenvalue weighted by Crippen LogP contribution is -2.41. The largest absolute Gasteiger partial charge is 0.481 e. The molecule has 0 spiro atoms. The molecule has 0 bridgehead atoms. The van der Waals surface area contributed by atoms with E-state index in [0.29, 0.717) is 12.4 Å². The first-order valence-corrected chi connectivity index (χ1v) is 9.80. The molecule has 1 unspecified atom stereocenters. The number of nitrogens with zero attached hydrogens (tertiary/aromatic N) is 3. The molecular formula is C22H23N5O5. The van der Waals surface area contributed by atoms with E-state index in [1.54, 1.807) is 24.3 Å². The zero-order chi connectivity index (χ0) is 23.3. The number of fused-ring (bicyclic) bond motifs is 1. The third-order valence-electron chi connectivity index (χ3n) is 4.98. The van der Waals surface area contributed by atoms with Crippen molar-refractivity contribution < 1.29 is 24.6 Å². The number of aromatic nitrogens is 2. The molecule has 0 saturated carbocycles. The predicted octanol–water partition coefficient (Wildman–Crippen LogP) is 1.90. The maximum absolute atomic E-state index is 12.4. The third-order valence-corrected chi connectivity index (χ3v) is 4.98. The smallest absolute Gasteiger partial charge is 0.326 e. The fourth-order valence-corrected chi connectivity index (χ4v) is 3.20. The highest BCUT2D eigenvalue weighted by Crippen LogP contribution is 2.24. The van der Waals surface area contributed by atoms with Crippen LogP contribution in [0, 0.1) is 0 Å². The first-order chi connectivity index (χ1) is 15.2. The minimum absolute atomic E-state index is 0.194. The Labute approximate surface area is 183 Å². The van der Waals surface area contributed by atoms with Gasteiger partial charge in [-0.05, 0) is 42.3 Å². The molecule has 166 valence electrons. The summed E-state index contributed by atoms with van der Waals surface area (Å²) in [4.78, 5) is 44.5. The summed E-state index contributed by atoms with van der Waals surface area (Å²) in [6.07, 6.45) is 0.874. The molecule has 1 amide bonds. The maximum Gasteiger partial charge on any atom is 0.326 e. The Morgan fingerprint density at radius 1 is 1.09 bits per heavy atom. The third kappa shape index (κ3) is 5.48. The lowest BCUT2D eigenvalue weighted by molar-refractivity contribution is -0.140. The van der Waals surface area contributed by atoms with Gasteiger partial charge in [0.2, 0.25) is 0 Å². The number of nitrogen functional groups attached to an aromatic ring is 1. The number of rotatable bonds is 9. The van der Waals surface area contributed by atoms with E-state index in [1.807, 2.05) is 30.1 Å². The number of carboxylic acids is 2. The number of anilines is 2. The van der Waals surface area contributed by atoms with Gasteiger partial charge in [0.1, 0.15) is 18.2 Å². The van der Waals surface area contributed by atoms with Gasteiger partial charge in [-0.2, -0.15) is 0 Å². The summed E-state index contributed by atoms with van der Waals surface area (Å²) in [6.45, 7) is 0.553. The van der Waals surface area contributed by atoms with Crippen LogP contribution in [0.4, 0.5) is 11.5 Å². The molecule has 0 saturated heterocycles. The topological polar surface area (TPSA) is 159 Å². The fraction of sp³-hybridized carbons (Fsp3) is 0.227. The van der Waals surface area contributed by atoms with Crippen molar-refractivity contribution in [2.24, 2.45) is 0 Å². The van der Waals surface area contributed by atoms with Gasteiger partial charge in [-0.25, -0.2) is 14.8 Å². The van der Waals surface area contributed by atoms with E-state index >= 15 is 0 Å². The highest BCUT2D eigenvalue weighted by atomic mass is 16.4. The second-order valence-electron chi connectivity index (χ2n) is 7.31. The summed E-state index contributed by atoms with van der Waals surface area (Å²) in [6, 6.07) is 11.2. The number of carbonyl (C=O) groups excluding carboxylic acids is 1. The van der Waals surface area contributed by atoms with Crippen molar-refractivity contribution in [1.82, 2.24) is 15.3 Å². The van der Waals surface area contributed by atoms with E-state index in [1.165, 1.54) is 6.33 Å². The number of nitrogens with two attached hydrogens (primary N) is 1. The number of carboxylic acid groups (broad SMARTS) is 2. The molecule has 0 aliphatic rings. The Balaban J connectivity index is 1.66. The summed E-state index contributed by atoms with van der Waals surface area (Å²) < 4.78 is 0. The van der Waals surface area contributed by atoms with Crippen molar-refractivity contribution in [2.75, 3.05) is 17.7 Å². The monoisotopic (exact) mass is 437 g/mol. The summed E-state index contributed by atoms with van der Waals surface area (Å²) in [5.41, 5.74) is 8.83. The Morgan fingerprint density at radius 3 is 2.47 bits per heavy atom. The van der Waals surface area contributed by atoms with Crippen LogP contribution in [-0.2, 0) is 16.1 Å². The van der Waals surface area contributed by atoms with E-state index in [0.717, 1.165) is 22.2 Å². The van der Waals surface area contributed by atoms with Gasteiger partial charge in [-0.3, -0.25) is 9.59 Å². The van der Waals surface area contributed by atoms with Crippen LogP contribution >= 0.6 is 0 Å². The Morgan fingerprint density at radius 2 is 1.81 bits per heavy atom. The summed E-state index contributed by atoms with van der Waals surface area (Å²) in [7, 11) is 1.92. The van der Waals surface area contributed by atoms with Crippen molar-refractivity contribution in [3.05, 3.63) is 59.9 Å². The molecule has 32 heavy (non-hydrogen) atoms. The minimum Gasteiger partial charge on any atom is -0.481 e. The molecular weight excluding hydrogens is 414 g/mol. The van der Waals surface area contributed by atoms with Gasteiger partial charge in [0, 0.05) is 36.7 Å². The van der Waals surface area contributed by atoms with Gasteiger partial charge < -0.3 is 26.2 Å². The van der Waals surface area contributed by atoms with Gasteiger partial charge in [0.15, 0.2) is 0 Å². The fourth-order valence-electron chi connectivity index (χ4n) is 3.20. The average molecular weight is 437 g/mol. The zero-order valence-electron chi connectivity index (χ0n) is 17.4. The molecule has 0 fully saturated rings. The van der Waals surface area contributed by atoms with Crippen LogP contribution in [0.15, 0.2) is 48.8 Å². The second-order valence-corrected chi connectivity index (χ2v) is 7.31. The van der Waals surface area contributed by atoms with Crippen molar-refractivity contribution in [3.8, 4) is 0 Å². The Hall–Kier alpha value is -4.21. The highest BCUT2D eigenvalue weighted by Gasteiger charge is 2.21. The van der Waals surface area contributed by atoms with Crippen LogP contribution in [0.25, 0.3) is 10.9 Å². The van der Waals surface area contributed by atoms with Crippen molar-refractivity contribution in [2.45, 2.75) is 25.4 Å². The van der Waals surface area contributed by atoms with E-state index < -0.39 is 23.9 Å². The number of carbonyl (C=O) groups is 3. The number of aliphatic carboxylic acids is 2. The molecule has 1 aromatic heterocycles. The molecule has 3 rings (SSSR count). The molecule has 10 nitrogen and oxygen atoms in total. The predicted molar refractivity (Wildman–Crippen MR) is 118 cm³/mol. The minimum atomic E-state index is -1.28. The quantitative estimate of drug-likeness (QED) is 0.392. The molecule has 10 heteroatoms. The normalized spacial score (nSPS) is 11.7. The lowest BCUT2D eigenvalue weighted by Gasteiger charge is -2.20. The summed E-state index contributed by atoms with van der Waals surface area (Å²) in [5.74, 6) is -2.57. The van der Waals surface area contributed by atoms with E-state index in [9.17, 15) is 19.5 Å². The van der Waals surface area contributed by atoms with Crippen LogP contribution in [0.5, 0.6) is 0 Å². The lowest BCUT2D eigenvalue weighted by atomic mass is 10.1. The molecule has 0 radical (unpaired) electrons. The van der Waals surface area contributed by atoms with E-state index in [-0.39, 0.29) is 18.4 Å². The molecule has 5 N–H and O–H groups in total. The SMILES string of the molecule is CN(Cc1ccc(C(=O)NC(CCC(=O)O)C(=O)O)cc1)c1ccc2ncnc(N)c2c1. The molecule has 2 aromatic carbocycles. The van der Waals surface area contributed by atoms with Gasteiger partial charge in [-0.1, -0.05) is 12.1 Å². The summed E-state index contributed by atoms with van der Waals surface area (Å²) in [5, 5.41) is 21.0. The Bertz CT molecular complexity index is 1150. The van der Waals surface area contributed by atoms with Crippen LogP contribution in [0.1, 0.15) is 28.8 Å². The van der Waals surface area contributed by atoms with Crippen LogP contribution in [0.2, 0.25) is 0 Å². The number of hydrogen-bond donors (Lipinski definition) is 4. The van der Waals surface area contributed by atoms with Crippen molar-refractivity contribution in [3.63, 3.8) is 0 Å². The van der Waals surface area contributed by atoms with Gasteiger partial charge in [-0.15, -0.1) is 0 Å². The molecule has 1 heterocycles. The standard InChI is InChI=1S/C22H23N5O5/c1-27(15-6-7-17-16(10-15)20(23)25-12-24-17)11-13-2-4-14(5-3-13)21(30)26-18(22(31)32)8-9-19(28)29/h2-7,10,12,18H,8-9,11H2,1H3,(H,26,30)(H,28,29)(H,31,32)(H2,23,24,25).